The summed E-state index contributed by atoms with van der Waals surface area (Å²) >= 11 is 0.888. The smallest absolute Gasteiger partial charge is 0.293 e. The second kappa shape index (κ2) is 8.25. The number of rotatable bonds is 5. The average molecular weight is 407 g/mol. The molecule has 148 valence electrons. The van der Waals surface area contributed by atoms with Crippen LogP contribution in [0.4, 0.5) is 10.5 Å². The van der Waals surface area contributed by atoms with E-state index in [0.29, 0.717) is 10.5 Å². The van der Waals surface area contributed by atoms with Gasteiger partial charge in [-0.25, -0.2) is 0 Å². The van der Waals surface area contributed by atoms with Gasteiger partial charge in [0.2, 0.25) is 0 Å². The fourth-order valence-electron chi connectivity index (χ4n) is 3.63. The van der Waals surface area contributed by atoms with Crippen molar-refractivity contribution in [3.63, 3.8) is 0 Å². The van der Waals surface area contributed by atoms with Gasteiger partial charge in [-0.3, -0.25) is 19.3 Å². The summed E-state index contributed by atoms with van der Waals surface area (Å²) < 4.78 is 0. The van der Waals surface area contributed by atoms with Crippen molar-refractivity contribution >= 4 is 40.5 Å². The van der Waals surface area contributed by atoms with Crippen molar-refractivity contribution < 1.29 is 14.4 Å². The van der Waals surface area contributed by atoms with Gasteiger partial charge in [-0.2, -0.15) is 0 Å². The van der Waals surface area contributed by atoms with Gasteiger partial charge in [-0.1, -0.05) is 36.4 Å². The van der Waals surface area contributed by atoms with Gasteiger partial charge in [0.25, 0.3) is 11.1 Å². The summed E-state index contributed by atoms with van der Waals surface area (Å²) in [4.78, 5) is 41.2. The SMILES string of the molecule is Cc1cc(N2CCCC2)ccc1C=C1SC(=O)N(CC(=O)c2ccccc2)C1=O. The summed E-state index contributed by atoms with van der Waals surface area (Å²) in [5, 5.41) is -0.406. The molecule has 2 aliphatic heterocycles. The minimum absolute atomic E-state index is 0.237. The average Bonchev–Trinajstić information content (AvgIpc) is 3.35. The molecular weight excluding hydrogens is 384 g/mol. The number of Topliss-reactive ketones (excluding diaryl/α,β-unsaturated/α-hetero) is 1. The van der Waals surface area contributed by atoms with Crippen molar-refractivity contribution in [1.29, 1.82) is 0 Å². The molecule has 2 amide bonds. The molecule has 2 saturated heterocycles. The van der Waals surface area contributed by atoms with Gasteiger partial charge < -0.3 is 4.90 Å². The second-order valence-electron chi connectivity index (χ2n) is 7.29. The lowest BCUT2D eigenvalue weighted by Gasteiger charge is -2.18. The summed E-state index contributed by atoms with van der Waals surface area (Å²) in [6.07, 6.45) is 4.19. The van der Waals surface area contributed by atoms with Crippen LogP contribution in [0.5, 0.6) is 0 Å². The molecule has 0 bridgehead atoms. The number of imide groups is 1. The third kappa shape index (κ3) is 4.12. The zero-order chi connectivity index (χ0) is 20.4. The van der Waals surface area contributed by atoms with Crippen LogP contribution < -0.4 is 4.90 Å². The Hall–Kier alpha value is -2.86. The summed E-state index contributed by atoms with van der Waals surface area (Å²) in [5.74, 6) is -0.660. The number of anilines is 1. The Morgan fingerprint density at radius 2 is 1.79 bits per heavy atom. The van der Waals surface area contributed by atoms with Crippen LogP contribution in [0.15, 0.2) is 53.4 Å². The van der Waals surface area contributed by atoms with E-state index in [4.69, 9.17) is 0 Å². The zero-order valence-corrected chi connectivity index (χ0v) is 17.1. The molecule has 2 aromatic rings. The lowest BCUT2D eigenvalue weighted by molar-refractivity contribution is -0.122. The van der Waals surface area contributed by atoms with Crippen molar-refractivity contribution in [3.8, 4) is 0 Å². The first-order valence-electron chi connectivity index (χ1n) is 9.72. The van der Waals surface area contributed by atoms with E-state index >= 15 is 0 Å². The number of carbonyl (C=O) groups is 3. The van der Waals surface area contributed by atoms with Crippen LogP contribution in [-0.4, -0.2) is 41.5 Å². The van der Waals surface area contributed by atoms with Gasteiger partial charge >= 0.3 is 0 Å². The van der Waals surface area contributed by atoms with Gasteiger partial charge in [0, 0.05) is 24.3 Å². The van der Waals surface area contributed by atoms with Gasteiger partial charge in [0.1, 0.15) is 0 Å². The van der Waals surface area contributed by atoms with E-state index in [-0.39, 0.29) is 12.3 Å². The van der Waals surface area contributed by atoms with Crippen molar-refractivity contribution in [2.75, 3.05) is 24.5 Å². The molecule has 5 nitrogen and oxygen atoms in total. The Bertz CT molecular complexity index is 994. The number of hydrogen-bond donors (Lipinski definition) is 0. The van der Waals surface area contributed by atoms with Crippen molar-refractivity contribution in [1.82, 2.24) is 4.90 Å². The largest absolute Gasteiger partial charge is 0.372 e. The van der Waals surface area contributed by atoms with E-state index in [2.05, 4.69) is 17.0 Å². The monoisotopic (exact) mass is 406 g/mol. The van der Waals surface area contributed by atoms with E-state index in [9.17, 15) is 14.4 Å². The van der Waals surface area contributed by atoms with E-state index in [0.717, 1.165) is 40.9 Å². The number of aryl methyl sites for hydroxylation is 1. The van der Waals surface area contributed by atoms with E-state index in [1.807, 2.05) is 19.1 Å². The maximum Gasteiger partial charge on any atom is 0.293 e. The molecular formula is C23H22N2O3S. The summed E-state index contributed by atoms with van der Waals surface area (Å²) in [5.41, 5.74) is 3.65. The van der Waals surface area contributed by atoms with E-state index < -0.39 is 11.1 Å². The molecule has 4 rings (SSSR count). The lowest BCUT2D eigenvalue weighted by atomic mass is 10.1. The number of carbonyl (C=O) groups excluding carboxylic acids is 3. The van der Waals surface area contributed by atoms with E-state index in [1.54, 1.807) is 30.3 Å². The van der Waals surface area contributed by atoms with Crippen molar-refractivity contribution in [2.45, 2.75) is 19.8 Å². The Kier molecular flexibility index (Phi) is 5.53. The molecule has 29 heavy (non-hydrogen) atoms. The molecule has 2 aliphatic rings. The fraction of sp³-hybridized carbons (Fsp3) is 0.261. The highest BCUT2D eigenvalue weighted by molar-refractivity contribution is 8.18. The van der Waals surface area contributed by atoms with Crippen LogP contribution in [0.1, 0.15) is 34.3 Å². The highest BCUT2D eigenvalue weighted by Gasteiger charge is 2.36. The Morgan fingerprint density at radius 3 is 2.48 bits per heavy atom. The first-order valence-corrected chi connectivity index (χ1v) is 10.5. The number of amides is 2. The third-order valence-corrected chi connectivity index (χ3v) is 6.19. The van der Waals surface area contributed by atoms with Crippen LogP contribution in [0.3, 0.4) is 0 Å². The maximum atomic E-state index is 12.7. The first-order chi connectivity index (χ1) is 14.0. The standard InChI is InChI=1S/C23H22N2O3S/c1-16-13-19(24-11-5-6-12-24)10-9-18(16)14-21-22(27)25(23(28)29-21)15-20(26)17-7-3-2-4-8-17/h2-4,7-10,13-14H,5-6,11-12,15H2,1H3. The summed E-state index contributed by atoms with van der Waals surface area (Å²) in [7, 11) is 0. The molecule has 0 unspecified atom stereocenters. The number of thioether (sulfide) groups is 1. The van der Waals surface area contributed by atoms with Crippen LogP contribution in [-0.2, 0) is 4.79 Å². The third-order valence-electron chi connectivity index (χ3n) is 5.28. The molecule has 0 N–H and O–H groups in total. The number of nitrogens with zero attached hydrogens (tertiary/aromatic N) is 2. The highest BCUT2D eigenvalue weighted by atomic mass is 32.2. The van der Waals surface area contributed by atoms with Crippen LogP contribution in [0.2, 0.25) is 0 Å². The molecule has 0 spiro atoms. The fourth-order valence-corrected chi connectivity index (χ4v) is 4.46. The predicted octanol–water partition coefficient (Wildman–Crippen LogP) is 4.51. The van der Waals surface area contributed by atoms with Crippen LogP contribution in [0, 0.1) is 6.92 Å². The Morgan fingerprint density at radius 1 is 1.07 bits per heavy atom. The van der Waals surface area contributed by atoms with Crippen molar-refractivity contribution in [2.24, 2.45) is 0 Å². The molecule has 0 atom stereocenters. The molecule has 0 aromatic heterocycles. The molecule has 2 aromatic carbocycles. The van der Waals surface area contributed by atoms with Gasteiger partial charge in [-0.15, -0.1) is 0 Å². The first kappa shape index (κ1) is 19.5. The maximum absolute atomic E-state index is 12.7. The molecule has 2 heterocycles. The van der Waals surface area contributed by atoms with Gasteiger partial charge in [0.15, 0.2) is 5.78 Å². The number of benzene rings is 2. The topological polar surface area (TPSA) is 57.7 Å². The van der Waals surface area contributed by atoms with Gasteiger partial charge in [-0.05, 0) is 60.9 Å². The van der Waals surface area contributed by atoms with Crippen LogP contribution >= 0.6 is 11.8 Å². The van der Waals surface area contributed by atoms with Gasteiger partial charge in [0.05, 0.1) is 11.4 Å². The number of ketones is 1. The Balaban J connectivity index is 1.51. The minimum Gasteiger partial charge on any atom is -0.372 e. The molecule has 6 heteroatoms. The summed E-state index contributed by atoms with van der Waals surface area (Å²) in [6, 6.07) is 14.9. The Labute approximate surface area is 174 Å². The predicted molar refractivity (Wildman–Crippen MR) is 116 cm³/mol. The minimum atomic E-state index is -0.410. The number of hydrogen-bond acceptors (Lipinski definition) is 5. The second-order valence-corrected chi connectivity index (χ2v) is 8.29. The normalized spacial score (nSPS) is 18.2. The summed E-state index contributed by atoms with van der Waals surface area (Å²) in [6.45, 7) is 3.92. The molecule has 0 aliphatic carbocycles. The van der Waals surface area contributed by atoms with Crippen LogP contribution in [0.25, 0.3) is 6.08 Å². The van der Waals surface area contributed by atoms with E-state index in [1.165, 1.54) is 18.5 Å². The molecule has 0 radical (unpaired) electrons. The molecule has 2 fully saturated rings. The quantitative estimate of drug-likeness (QED) is 0.540. The zero-order valence-electron chi connectivity index (χ0n) is 16.3. The lowest BCUT2D eigenvalue weighted by Crippen LogP contribution is -2.33. The van der Waals surface area contributed by atoms with Crippen molar-refractivity contribution in [3.05, 3.63) is 70.1 Å². The highest BCUT2D eigenvalue weighted by Crippen LogP contribution is 2.33. The molecule has 0 saturated carbocycles.